The summed E-state index contributed by atoms with van der Waals surface area (Å²) >= 11 is 5.65. The number of carboxylic acid groups (broad SMARTS) is 1. The van der Waals surface area contributed by atoms with E-state index in [9.17, 15) is 9.18 Å². The molecule has 0 spiro atoms. The third-order valence-corrected chi connectivity index (χ3v) is 2.38. The molecule has 2 rings (SSSR count). The fraction of sp³-hybridized carbons (Fsp3) is 0. The molecule has 0 aliphatic rings. The molecule has 92 valence electrons. The second-order valence-electron chi connectivity index (χ2n) is 3.32. The second kappa shape index (κ2) is 5.01. The number of para-hydroxylation sites is 1. The number of carbonyl (C=O) groups is 1. The Morgan fingerprint density at radius 3 is 2.67 bits per heavy atom. The van der Waals surface area contributed by atoms with E-state index in [4.69, 9.17) is 21.4 Å². The summed E-state index contributed by atoms with van der Waals surface area (Å²) in [5, 5.41) is 8.82. The monoisotopic (exact) mass is 267 g/mol. The van der Waals surface area contributed by atoms with E-state index in [0.29, 0.717) is 0 Å². The Balaban J connectivity index is 2.33. The van der Waals surface area contributed by atoms with E-state index in [-0.39, 0.29) is 22.3 Å². The Bertz CT molecular complexity index is 604. The van der Waals surface area contributed by atoms with Gasteiger partial charge in [-0.25, -0.2) is 14.2 Å². The minimum atomic E-state index is -1.28. The molecule has 0 aliphatic heterocycles. The lowest BCUT2D eigenvalue weighted by molar-refractivity contribution is 0.0690. The topological polar surface area (TPSA) is 59.4 Å². The van der Waals surface area contributed by atoms with E-state index >= 15 is 0 Å². The number of aromatic nitrogens is 1. The highest BCUT2D eigenvalue weighted by molar-refractivity contribution is 6.33. The van der Waals surface area contributed by atoms with Gasteiger partial charge < -0.3 is 9.84 Å². The Kier molecular flexibility index (Phi) is 3.43. The molecule has 0 saturated heterocycles. The van der Waals surface area contributed by atoms with Crippen molar-refractivity contribution < 1.29 is 19.0 Å². The first-order valence-corrected chi connectivity index (χ1v) is 5.28. The summed E-state index contributed by atoms with van der Waals surface area (Å²) in [5.74, 6) is -1.92. The molecule has 6 heteroatoms. The number of halogens is 2. The van der Waals surface area contributed by atoms with E-state index in [1.165, 1.54) is 30.3 Å². The summed E-state index contributed by atoms with van der Waals surface area (Å²) < 4.78 is 18.5. The molecule has 18 heavy (non-hydrogen) atoms. The molecule has 1 aromatic heterocycles. The van der Waals surface area contributed by atoms with Crippen molar-refractivity contribution in [2.24, 2.45) is 0 Å². The first kappa shape index (κ1) is 12.3. The maximum atomic E-state index is 13.3. The molecule has 0 fully saturated rings. The number of rotatable bonds is 3. The fourth-order valence-corrected chi connectivity index (χ4v) is 1.46. The number of ether oxygens (including phenoxy) is 1. The molecule has 0 unspecified atom stereocenters. The van der Waals surface area contributed by atoms with E-state index in [1.54, 1.807) is 6.07 Å². The first-order chi connectivity index (χ1) is 8.58. The zero-order valence-corrected chi connectivity index (χ0v) is 9.69. The van der Waals surface area contributed by atoms with Crippen LogP contribution in [0.25, 0.3) is 0 Å². The zero-order chi connectivity index (χ0) is 13.1. The zero-order valence-electron chi connectivity index (χ0n) is 8.93. The summed E-state index contributed by atoms with van der Waals surface area (Å²) in [6, 6.07) is 8.43. The van der Waals surface area contributed by atoms with Crippen LogP contribution in [0.2, 0.25) is 5.02 Å². The van der Waals surface area contributed by atoms with Gasteiger partial charge in [0.25, 0.3) is 0 Å². The van der Waals surface area contributed by atoms with Gasteiger partial charge in [-0.3, -0.25) is 0 Å². The largest absolute Gasteiger partial charge is 0.476 e. The highest BCUT2D eigenvalue weighted by Gasteiger charge is 2.13. The number of aromatic carboxylic acids is 1. The molecule has 0 atom stereocenters. The average Bonchev–Trinajstić information content (AvgIpc) is 2.34. The van der Waals surface area contributed by atoms with Crippen molar-refractivity contribution in [2.75, 3.05) is 0 Å². The van der Waals surface area contributed by atoms with Crippen LogP contribution in [0.3, 0.4) is 0 Å². The van der Waals surface area contributed by atoms with Crippen LogP contribution in [0.15, 0.2) is 36.4 Å². The van der Waals surface area contributed by atoms with Crippen LogP contribution in [-0.2, 0) is 0 Å². The molecular formula is C12H7ClFNO3. The van der Waals surface area contributed by atoms with Crippen LogP contribution >= 0.6 is 11.6 Å². The van der Waals surface area contributed by atoms with Crippen molar-refractivity contribution in [1.29, 1.82) is 0 Å². The lowest BCUT2D eigenvalue weighted by atomic mass is 10.3. The van der Waals surface area contributed by atoms with Gasteiger partial charge in [0, 0.05) is 6.07 Å². The van der Waals surface area contributed by atoms with Crippen molar-refractivity contribution >= 4 is 17.6 Å². The normalized spacial score (nSPS) is 10.1. The van der Waals surface area contributed by atoms with Gasteiger partial charge in [-0.1, -0.05) is 23.7 Å². The standard InChI is InChI=1S/C12H7ClFNO3/c13-7-5-6-10(15-11(7)12(16)17)18-9-4-2-1-3-8(9)14/h1-6H,(H,16,17). The molecule has 1 aromatic carbocycles. The Morgan fingerprint density at radius 2 is 2.00 bits per heavy atom. The number of pyridine rings is 1. The van der Waals surface area contributed by atoms with Crippen LogP contribution in [0.1, 0.15) is 10.5 Å². The van der Waals surface area contributed by atoms with Gasteiger partial charge in [0.05, 0.1) is 5.02 Å². The van der Waals surface area contributed by atoms with Gasteiger partial charge >= 0.3 is 5.97 Å². The number of nitrogens with zero attached hydrogens (tertiary/aromatic N) is 1. The van der Waals surface area contributed by atoms with Gasteiger partial charge in [-0.2, -0.15) is 0 Å². The number of carboxylic acids is 1. The van der Waals surface area contributed by atoms with Crippen molar-refractivity contribution in [3.8, 4) is 11.6 Å². The number of benzene rings is 1. The fourth-order valence-electron chi connectivity index (χ4n) is 1.27. The smallest absolute Gasteiger partial charge is 0.356 e. The van der Waals surface area contributed by atoms with Gasteiger partial charge in [-0.05, 0) is 18.2 Å². The minimum absolute atomic E-state index is 0.0108. The molecule has 0 saturated carbocycles. The third-order valence-electron chi connectivity index (χ3n) is 2.07. The summed E-state index contributed by atoms with van der Waals surface area (Å²) in [7, 11) is 0. The maximum Gasteiger partial charge on any atom is 0.356 e. The van der Waals surface area contributed by atoms with Crippen molar-refractivity contribution in [1.82, 2.24) is 4.98 Å². The van der Waals surface area contributed by atoms with Crippen LogP contribution < -0.4 is 4.74 Å². The molecule has 0 radical (unpaired) electrons. The summed E-state index contributed by atoms with van der Waals surface area (Å²) in [4.78, 5) is 14.5. The molecule has 1 N–H and O–H groups in total. The van der Waals surface area contributed by atoms with Gasteiger partial charge in [0.2, 0.25) is 5.88 Å². The van der Waals surface area contributed by atoms with Crippen molar-refractivity contribution in [2.45, 2.75) is 0 Å². The molecule has 0 amide bonds. The van der Waals surface area contributed by atoms with Crippen LogP contribution in [-0.4, -0.2) is 16.1 Å². The quantitative estimate of drug-likeness (QED) is 0.926. The maximum absolute atomic E-state index is 13.3. The van der Waals surface area contributed by atoms with Crippen LogP contribution in [0, 0.1) is 5.82 Å². The Labute approximate surface area is 107 Å². The van der Waals surface area contributed by atoms with E-state index in [0.717, 1.165) is 0 Å². The molecule has 4 nitrogen and oxygen atoms in total. The molecular weight excluding hydrogens is 261 g/mol. The second-order valence-corrected chi connectivity index (χ2v) is 3.72. The molecule has 1 heterocycles. The molecule has 0 aliphatic carbocycles. The molecule has 2 aromatic rings. The van der Waals surface area contributed by atoms with E-state index in [2.05, 4.69) is 4.98 Å². The summed E-state index contributed by atoms with van der Waals surface area (Å²) in [6.45, 7) is 0. The summed E-state index contributed by atoms with van der Waals surface area (Å²) in [5.41, 5.74) is -0.342. The van der Waals surface area contributed by atoms with Crippen LogP contribution in [0.4, 0.5) is 4.39 Å². The number of hydrogen-bond donors (Lipinski definition) is 1. The molecule has 0 bridgehead atoms. The van der Waals surface area contributed by atoms with Gasteiger partial charge in [-0.15, -0.1) is 0 Å². The average molecular weight is 268 g/mol. The van der Waals surface area contributed by atoms with Gasteiger partial charge in [0.15, 0.2) is 17.3 Å². The predicted octanol–water partition coefficient (Wildman–Crippen LogP) is 3.36. The lowest BCUT2D eigenvalue weighted by Crippen LogP contribution is -2.02. The first-order valence-electron chi connectivity index (χ1n) is 4.90. The minimum Gasteiger partial charge on any atom is -0.476 e. The Hall–Kier alpha value is -2.14. The Morgan fingerprint density at radius 1 is 1.28 bits per heavy atom. The van der Waals surface area contributed by atoms with Gasteiger partial charge in [0.1, 0.15) is 0 Å². The highest BCUT2D eigenvalue weighted by Crippen LogP contribution is 2.24. The van der Waals surface area contributed by atoms with Crippen molar-refractivity contribution in [3.63, 3.8) is 0 Å². The lowest BCUT2D eigenvalue weighted by Gasteiger charge is -2.06. The van der Waals surface area contributed by atoms with E-state index < -0.39 is 11.8 Å². The number of hydrogen-bond acceptors (Lipinski definition) is 3. The third kappa shape index (κ3) is 2.57. The SMILES string of the molecule is O=C(O)c1nc(Oc2ccccc2F)ccc1Cl. The highest BCUT2D eigenvalue weighted by atomic mass is 35.5. The summed E-state index contributed by atoms with van der Waals surface area (Å²) in [6.07, 6.45) is 0. The van der Waals surface area contributed by atoms with Crippen LogP contribution in [0.5, 0.6) is 11.6 Å². The van der Waals surface area contributed by atoms with E-state index in [1.807, 2.05) is 0 Å². The van der Waals surface area contributed by atoms with Crippen molar-refractivity contribution in [3.05, 3.63) is 52.9 Å². The predicted molar refractivity (Wildman–Crippen MR) is 62.7 cm³/mol.